The van der Waals surface area contributed by atoms with Gasteiger partial charge in [0.25, 0.3) is 0 Å². The van der Waals surface area contributed by atoms with Crippen LogP contribution in [0.3, 0.4) is 0 Å². The summed E-state index contributed by atoms with van der Waals surface area (Å²) >= 11 is 0. The lowest BCUT2D eigenvalue weighted by molar-refractivity contribution is 0.422. The molecule has 0 fully saturated rings. The van der Waals surface area contributed by atoms with Crippen LogP contribution in [0.25, 0.3) is 33.2 Å². The van der Waals surface area contributed by atoms with Crippen LogP contribution in [0.1, 0.15) is 0 Å². The van der Waals surface area contributed by atoms with E-state index in [1.807, 2.05) is 24.3 Å². The third-order valence-corrected chi connectivity index (χ3v) is 3.32. The fraction of sp³-hybridized carbons (Fsp3) is 0. The molecule has 20 heavy (non-hydrogen) atoms. The molecule has 0 saturated carbocycles. The van der Waals surface area contributed by atoms with Gasteiger partial charge in [-0.15, -0.1) is 0 Å². The van der Waals surface area contributed by atoms with E-state index >= 15 is 0 Å². The summed E-state index contributed by atoms with van der Waals surface area (Å²) in [6.45, 7) is 0. The first-order valence-corrected chi connectivity index (χ1v) is 6.20. The molecule has 2 aromatic carbocycles. The third kappa shape index (κ3) is 1.48. The van der Waals surface area contributed by atoms with Crippen molar-refractivity contribution >= 4 is 21.9 Å². The Morgan fingerprint density at radius 1 is 0.900 bits per heavy atom. The van der Waals surface area contributed by atoms with Gasteiger partial charge in [0.2, 0.25) is 5.43 Å². The summed E-state index contributed by atoms with van der Waals surface area (Å²) in [7, 11) is 0. The predicted molar refractivity (Wildman–Crippen MR) is 75.5 cm³/mol. The van der Waals surface area contributed by atoms with E-state index in [-0.39, 0.29) is 5.43 Å². The van der Waals surface area contributed by atoms with Crippen LogP contribution >= 0.6 is 0 Å². The van der Waals surface area contributed by atoms with Crippen LogP contribution < -0.4 is 5.43 Å². The molecule has 96 valence electrons. The number of hydrogen-bond donors (Lipinski definition) is 0. The highest BCUT2D eigenvalue weighted by Gasteiger charge is 2.13. The van der Waals surface area contributed by atoms with Crippen LogP contribution in [0.2, 0.25) is 0 Å². The normalized spacial score (nSPS) is 11.2. The molecular formula is C16H9NO3. The molecule has 4 aromatic rings. The topological polar surface area (TPSA) is 56.2 Å². The van der Waals surface area contributed by atoms with Crippen molar-refractivity contribution in [1.82, 2.24) is 5.16 Å². The van der Waals surface area contributed by atoms with Crippen molar-refractivity contribution in [2.24, 2.45) is 0 Å². The first kappa shape index (κ1) is 11.0. The maximum Gasteiger partial charge on any atom is 0.201 e. The molecule has 0 unspecified atom stereocenters. The second-order valence-corrected chi connectivity index (χ2v) is 4.49. The number of aromatic nitrogens is 1. The van der Waals surface area contributed by atoms with Gasteiger partial charge in [-0.05, 0) is 18.2 Å². The number of rotatable bonds is 1. The Kier molecular flexibility index (Phi) is 2.23. The maximum atomic E-state index is 12.7. The quantitative estimate of drug-likeness (QED) is 0.492. The van der Waals surface area contributed by atoms with E-state index in [0.717, 1.165) is 5.56 Å². The first-order valence-electron chi connectivity index (χ1n) is 6.20. The molecule has 0 bridgehead atoms. The summed E-state index contributed by atoms with van der Waals surface area (Å²) in [5.74, 6) is 0. The van der Waals surface area contributed by atoms with E-state index in [1.54, 1.807) is 24.3 Å². The Morgan fingerprint density at radius 3 is 2.60 bits per heavy atom. The Morgan fingerprint density at radius 2 is 1.75 bits per heavy atom. The number of hydrogen-bond acceptors (Lipinski definition) is 4. The second kappa shape index (κ2) is 4.06. The van der Waals surface area contributed by atoms with E-state index in [9.17, 15) is 4.79 Å². The van der Waals surface area contributed by atoms with Gasteiger partial charge in [-0.1, -0.05) is 29.4 Å². The van der Waals surface area contributed by atoms with E-state index in [0.29, 0.717) is 27.6 Å². The molecule has 0 aliphatic rings. The van der Waals surface area contributed by atoms with Crippen molar-refractivity contribution in [2.45, 2.75) is 0 Å². The molecular weight excluding hydrogens is 254 g/mol. The lowest BCUT2D eigenvalue weighted by Crippen LogP contribution is -2.03. The van der Waals surface area contributed by atoms with E-state index in [1.165, 1.54) is 6.26 Å². The summed E-state index contributed by atoms with van der Waals surface area (Å²) < 4.78 is 10.7. The van der Waals surface area contributed by atoms with Crippen LogP contribution in [0.4, 0.5) is 0 Å². The largest absolute Gasteiger partial charge is 0.456 e. The van der Waals surface area contributed by atoms with Crippen LogP contribution in [0, 0.1) is 0 Å². The van der Waals surface area contributed by atoms with Crippen molar-refractivity contribution in [2.75, 3.05) is 0 Å². The van der Waals surface area contributed by atoms with Gasteiger partial charge in [0, 0.05) is 11.6 Å². The zero-order valence-corrected chi connectivity index (χ0v) is 10.4. The molecule has 0 amide bonds. The number of nitrogens with zero attached hydrogens (tertiary/aromatic N) is 1. The van der Waals surface area contributed by atoms with Crippen molar-refractivity contribution in [3.63, 3.8) is 0 Å². The summed E-state index contributed by atoms with van der Waals surface area (Å²) in [5, 5.41) is 5.00. The molecule has 4 heteroatoms. The summed E-state index contributed by atoms with van der Waals surface area (Å²) in [6, 6.07) is 14.4. The van der Waals surface area contributed by atoms with Gasteiger partial charge in [0.15, 0.2) is 0 Å². The summed E-state index contributed by atoms with van der Waals surface area (Å²) in [4.78, 5) is 12.7. The summed E-state index contributed by atoms with van der Waals surface area (Å²) in [6.07, 6.45) is 1.48. The van der Waals surface area contributed by atoms with Gasteiger partial charge in [-0.25, -0.2) is 0 Å². The molecule has 2 heterocycles. The Labute approximate surface area is 113 Å². The zero-order chi connectivity index (χ0) is 13.5. The van der Waals surface area contributed by atoms with E-state index in [4.69, 9.17) is 8.94 Å². The second-order valence-electron chi connectivity index (χ2n) is 4.49. The van der Waals surface area contributed by atoms with Gasteiger partial charge in [-0.3, -0.25) is 4.79 Å². The minimum Gasteiger partial charge on any atom is -0.456 e. The number of fused-ring (bicyclic) bond motifs is 2. The fourth-order valence-electron chi connectivity index (χ4n) is 2.41. The monoisotopic (exact) mass is 263 g/mol. The van der Waals surface area contributed by atoms with Crippen LogP contribution in [0.15, 0.2) is 68.5 Å². The van der Waals surface area contributed by atoms with Gasteiger partial charge in [0.05, 0.1) is 10.8 Å². The SMILES string of the molecule is O=c1c2ccccc2oc2cccc(-c3ccon3)c12. The molecule has 0 N–H and O–H groups in total. The average Bonchev–Trinajstić information content (AvgIpc) is 3.01. The third-order valence-electron chi connectivity index (χ3n) is 3.32. The van der Waals surface area contributed by atoms with E-state index < -0.39 is 0 Å². The highest BCUT2D eigenvalue weighted by atomic mass is 16.5. The summed E-state index contributed by atoms with van der Waals surface area (Å²) in [5.41, 5.74) is 2.42. The van der Waals surface area contributed by atoms with Gasteiger partial charge < -0.3 is 8.94 Å². The Balaban J connectivity index is 2.23. The molecule has 0 saturated heterocycles. The Bertz CT molecular complexity index is 968. The molecule has 0 aliphatic heterocycles. The molecule has 0 spiro atoms. The smallest absolute Gasteiger partial charge is 0.201 e. The molecule has 2 aromatic heterocycles. The van der Waals surface area contributed by atoms with Crippen LogP contribution in [-0.2, 0) is 0 Å². The average molecular weight is 263 g/mol. The predicted octanol–water partition coefficient (Wildman–Crippen LogP) is 3.60. The van der Waals surface area contributed by atoms with Gasteiger partial charge in [0.1, 0.15) is 23.1 Å². The number of benzene rings is 2. The molecule has 0 radical (unpaired) electrons. The molecule has 4 rings (SSSR count). The number of para-hydroxylation sites is 1. The zero-order valence-electron chi connectivity index (χ0n) is 10.4. The minimum atomic E-state index is -0.0551. The molecule has 0 atom stereocenters. The van der Waals surface area contributed by atoms with Crippen molar-refractivity contribution in [3.05, 3.63) is 65.0 Å². The highest BCUT2D eigenvalue weighted by molar-refractivity contribution is 5.98. The van der Waals surface area contributed by atoms with E-state index in [2.05, 4.69) is 5.16 Å². The van der Waals surface area contributed by atoms with Crippen molar-refractivity contribution in [1.29, 1.82) is 0 Å². The standard InChI is InChI=1S/C16H9NO3/c18-16-11-4-1-2-6-13(11)20-14-7-3-5-10(15(14)16)12-8-9-19-17-12/h1-9H. The lowest BCUT2D eigenvalue weighted by Gasteiger charge is -2.04. The van der Waals surface area contributed by atoms with Crippen molar-refractivity contribution < 1.29 is 8.94 Å². The van der Waals surface area contributed by atoms with Crippen molar-refractivity contribution in [3.8, 4) is 11.3 Å². The maximum absolute atomic E-state index is 12.7. The lowest BCUT2D eigenvalue weighted by atomic mass is 10.0. The van der Waals surface area contributed by atoms with Crippen LogP contribution in [0.5, 0.6) is 0 Å². The first-order chi connectivity index (χ1) is 9.84. The minimum absolute atomic E-state index is 0.0551. The fourth-order valence-corrected chi connectivity index (χ4v) is 2.41. The van der Waals surface area contributed by atoms with Gasteiger partial charge >= 0.3 is 0 Å². The van der Waals surface area contributed by atoms with Gasteiger partial charge in [-0.2, -0.15) is 0 Å². The highest BCUT2D eigenvalue weighted by Crippen LogP contribution is 2.27. The van der Waals surface area contributed by atoms with Crippen LogP contribution in [-0.4, -0.2) is 5.16 Å². The Hall–Kier alpha value is -2.88. The molecule has 0 aliphatic carbocycles. The molecule has 4 nitrogen and oxygen atoms in total.